The Hall–Kier alpha value is -2.66. The van der Waals surface area contributed by atoms with Crippen molar-refractivity contribution in [2.45, 2.75) is 32.8 Å². The van der Waals surface area contributed by atoms with Gasteiger partial charge in [-0.3, -0.25) is 9.59 Å². The lowest BCUT2D eigenvalue weighted by Crippen LogP contribution is -2.34. The van der Waals surface area contributed by atoms with Crippen LogP contribution in [0.4, 0.5) is 5.69 Å². The summed E-state index contributed by atoms with van der Waals surface area (Å²) in [7, 11) is 0. The van der Waals surface area contributed by atoms with Crippen LogP contribution in [-0.4, -0.2) is 30.0 Å². The van der Waals surface area contributed by atoms with Crippen molar-refractivity contribution in [1.82, 2.24) is 5.32 Å². The molecule has 0 spiro atoms. The van der Waals surface area contributed by atoms with Crippen LogP contribution in [-0.2, 0) is 9.59 Å². The summed E-state index contributed by atoms with van der Waals surface area (Å²) in [5, 5.41) is 13.0. The molecule has 2 atom stereocenters. The summed E-state index contributed by atoms with van der Waals surface area (Å²) < 4.78 is 0. The summed E-state index contributed by atoms with van der Waals surface area (Å²) in [6, 6.07) is 15.3. The van der Waals surface area contributed by atoms with Gasteiger partial charge in [-0.05, 0) is 49.1 Å². The maximum absolute atomic E-state index is 12.4. The SMILES string of the molecule is Cc1ccc(N2CC(C(=O)NCCC(O)c3ccccc3)CC2=O)cc1C. The normalized spacial score (nSPS) is 17.8. The molecule has 1 saturated heterocycles. The number of carbonyl (C=O) groups excluding carboxylic acids is 2. The Morgan fingerprint density at radius 2 is 1.93 bits per heavy atom. The van der Waals surface area contributed by atoms with Gasteiger partial charge in [0.05, 0.1) is 12.0 Å². The first-order valence-corrected chi connectivity index (χ1v) is 9.34. The smallest absolute Gasteiger partial charge is 0.227 e. The van der Waals surface area contributed by atoms with Gasteiger partial charge in [0.1, 0.15) is 0 Å². The number of amides is 2. The van der Waals surface area contributed by atoms with E-state index in [9.17, 15) is 14.7 Å². The molecule has 3 rings (SSSR count). The van der Waals surface area contributed by atoms with Crippen LogP contribution in [0.2, 0.25) is 0 Å². The Bertz CT molecular complexity index is 820. The van der Waals surface area contributed by atoms with Gasteiger partial charge in [-0.25, -0.2) is 0 Å². The van der Waals surface area contributed by atoms with Crippen molar-refractivity contribution in [1.29, 1.82) is 0 Å². The highest BCUT2D eigenvalue weighted by Gasteiger charge is 2.35. The van der Waals surface area contributed by atoms with Crippen LogP contribution in [0.3, 0.4) is 0 Å². The number of rotatable bonds is 6. The zero-order chi connectivity index (χ0) is 19.4. The zero-order valence-corrected chi connectivity index (χ0v) is 15.8. The highest BCUT2D eigenvalue weighted by Crippen LogP contribution is 2.27. The predicted octanol–water partition coefficient (Wildman–Crippen LogP) is 2.90. The standard InChI is InChI=1S/C22H26N2O3/c1-15-8-9-19(12-16(15)2)24-14-18(13-21(24)26)22(27)23-11-10-20(25)17-6-4-3-5-7-17/h3-9,12,18,20,25H,10-11,13-14H2,1-2H3,(H,23,27). The molecule has 2 aromatic rings. The van der Waals surface area contributed by atoms with E-state index in [0.29, 0.717) is 19.5 Å². The van der Waals surface area contributed by atoms with Gasteiger partial charge < -0.3 is 15.3 Å². The van der Waals surface area contributed by atoms with Crippen LogP contribution >= 0.6 is 0 Å². The fraction of sp³-hybridized carbons (Fsp3) is 0.364. The summed E-state index contributed by atoms with van der Waals surface area (Å²) in [5.74, 6) is -0.509. The summed E-state index contributed by atoms with van der Waals surface area (Å²) in [5.41, 5.74) is 3.99. The van der Waals surface area contributed by atoms with Gasteiger partial charge in [0.25, 0.3) is 0 Å². The first kappa shape index (κ1) is 19.1. The number of aliphatic hydroxyl groups excluding tert-OH is 1. The third kappa shape index (κ3) is 4.55. The molecule has 2 N–H and O–H groups in total. The monoisotopic (exact) mass is 366 g/mol. The molecule has 5 heteroatoms. The highest BCUT2D eigenvalue weighted by atomic mass is 16.3. The third-order valence-corrected chi connectivity index (χ3v) is 5.20. The number of aliphatic hydroxyl groups is 1. The Morgan fingerprint density at radius 3 is 2.63 bits per heavy atom. The van der Waals surface area contributed by atoms with Crippen LogP contribution in [0.15, 0.2) is 48.5 Å². The predicted molar refractivity (Wildman–Crippen MR) is 105 cm³/mol. The molecule has 2 amide bonds. The number of nitrogens with zero attached hydrogens (tertiary/aromatic N) is 1. The molecule has 2 aromatic carbocycles. The van der Waals surface area contributed by atoms with E-state index in [4.69, 9.17) is 0 Å². The molecule has 0 radical (unpaired) electrons. The second kappa shape index (κ2) is 8.35. The number of anilines is 1. The van der Waals surface area contributed by atoms with Gasteiger partial charge >= 0.3 is 0 Å². The molecule has 0 aromatic heterocycles. The summed E-state index contributed by atoms with van der Waals surface area (Å²) in [6.07, 6.45) is 0.0563. The molecule has 1 heterocycles. The number of hydrogen-bond donors (Lipinski definition) is 2. The fourth-order valence-electron chi connectivity index (χ4n) is 3.34. The molecule has 142 valence electrons. The maximum atomic E-state index is 12.4. The van der Waals surface area contributed by atoms with E-state index in [0.717, 1.165) is 16.8 Å². The van der Waals surface area contributed by atoms with Gasteiger partial charge in [0, 0.05) is 25.2 Å². The second-order valence-electron chi connectivity index (χ2n) is 7.18. The van der Waals surface area contributed by atoms with Crippen molar-refractivity contribution in [3.8, 4) is 0 Å². The summed E-state index contributed by atoms with van der Waals surface area (Å²) in [6.45, 7) is 4.82. The minimum atomic E-state index is -0.608. The Balaban J connectivity index is 1.52. The summed E-state index contributed by atoms with van der Waals surface area (Å²) in [4.78, 5) is 26.5. The number of carbonyl (C=O) groups is 2. The van der Waals surface area contributed by atoms with E-state index < -0.39 is 6.10 Å². The van der Waals surface area contributed by atoms with Crippen molar-refractivity contribution in [3.63, 3.8) is 0 Å². The highest BCUT2D eigenvalue weighted by molar-refractivity contribution is 6.00. The lowest BCUT2D eigenvalue weighted by Gasteiger charge is -2.18. The molecule has 0 saturated carbocycles. The fourth-order valence-corrected chi connectivity index (χ4v) is 3.34. The number of benzene rings is 2. The number of nitrogens with one attached hydrogen (secondary N) is 1. The van der Waals surface area contributed by atoms with Gasteiger partial charge in [-0.2, -0.15) is 0 Å². The number of aryl methyl sites for hydroxylation is 2. The topological polar surface area (TPSA) is 69.6 Å². The Morgan fingerprint density at radius 1 is 1.19 bits per heavy atom. The largest absolute Gasteiger partial charge is 0.388 e. The van der Waals surface area contributed by atoms with Gasteiger partial charge in [0.2, 0.25) is 11.8 Å². The minimum Gasteiger partial charge on any atom is -0.388 e. The number of hydrogen-bond acceptors (Lipinski definition) is 3. The Labute approximate surface area is 160 Å². The van der Waals surface area contributed by atoms with Crippen molar-refractivity contribution >= 4 is 17.5 Å². The van der Waals surface area contributed by atoms with Gasteiger partial charge in [-0.15, -0.1) is 0 Å². The molecule has 27 heavy (non-hydrogen) atoms. The molecule has 1 fully saturated rings. The van der Waals surface area contributed by atoms with E-state index in [1.54, 1.807) is 4.90 Å². The third-order valence-electron chi connectivity index (χ3n) is 5.20. The van der Waals surface area contributed by atoms with Gasteiger partial charge in [-0.1, -0.05) is 36.4 Å². The Kier molecular flexibility index (Phi) is 5.91. The van der Waals surface area contributed by atoms with Crippen LogP contribution in [0, 0.1) is 19.8 Å². The van der Waals surface area contributed by atoms with E-state index in [2.05, 4.69) is 5.32 Å². The van der Waals surface area contributed by atoms with Crippen LogP contribution in [0.25, 0.3) is 0 Å². The summed E-state index contributed by atoms with van der Waals surface area (Å²) >= 11 is 0. The van der Waals surface area contributed by atoms with Crippen molar-refractivity contribution in [2.24, 2.45) is 5.92 Å². The zero-order valence-electron chi connectivity index (χ0n) is 15.8. The second-order valence-corrected chi connectivity index (χ2v) is 7.18. The molecular weight excluding hydrogens is 340 g/mol. The van der Waals surface area contributed by atoms with Crippen LogP contribution in [0.5, 0.6) is 0 Å². The van der Waals surface area contributed by atoms with E-state index in [1.165, 1.54) is 5.56 Å². The van der Waals surface area contributed by atoms with Gasteiger partial charge in [0.15, 0.2) is 0 Å². The molecule has 0 aliphatic carbocycles. The van der Waals surface area contributed by atoms with Crippen molar-refractivity contribution in [3.05, 3.63) is 65.2 Å². The van der Waals surface area contributed by atoms with Crippen LogP contribution in [0.1, 0.15) is 35.6 Å². The minimum absolute atomic E-state index is 0.0253. The maximum Gasteiger partial charge on any atom is 0.227 e. The van der Waals surface area contributed by atoms with Crippen LogP contribution < -0.4 is 10.2 Å². The molecule has 5 nitrogen and oxygen atoms in total. The molecule has 0 bridgehead atoms. The molecule has 2 unspecified atom stereocenters. The average molecular weight is 366 g/mol. The first-order valence-electron chi connectivity index (χ1n) is 9.34. The quantitative estimate of drug-likeness (QED) is 0.826. The van der Waals surface area contributed by atoms with E-state index in [1.807, 2.05) is 62.4 Å². The lowest BCUT2D eigenvalue weighted by atomic mass is 10.1. The molecule has 1 aliphatic rings. The van der Waals surface area contributed by atoms with E-state index in [-0.39, 0.29) is 24.2 Å². The molecular formula is C22H26N2O3. The van der Waals surface area contributed by atoms with E-state index >= 15 is 0 Å². The lowest BCUT2D eigenvalue weighted by molar-refractivity contribution is -0.126. The first-order chi connectivity index (χ1) is 13.0. The van der Waals surface area contributed by atoms with Crippen molar-refractivity contribution < 1.29 is 14.7 Å². The molecule has 1 aliphatic heterocycles. The average Bonchev–Trinajstić information content (AvgIpc) is 3.06. The van der Waals surface area contributed by atoms with Crippen molar-refractivity contribution in [2.75, 3.05) is 18.0 Å².